The second-order valence-corrected chi connectivity index (χ2v) is 6.45. The van der Waals surface area contributed by atoms with Crippen molar-refractivity contribution in [3.63, 3.8) is 0 Å². The fourth-order valence-corrected chi connectivity index (χ4v) is 4.06. The molecule has 2 unspecified atom stereocenters. The van der Waals surface area contributed by atoms with Crippen molar-refractivity contribution in [3.8, 4) is 11.5 Å². The van der Waals surface area contributed by atoms with Crippen molar-refractivity contribution in [1.29, 1.82) is 0 Å². The van der Waals surface area contributed by atoms with E-state index in [1.165, 1.54) is 10.5 Å². The lowest BCUT2D eigenvalue weighted by Gasteiger charge is -2.13. The Hall–Kier alpha value is -1.65. The van der Waals surface area contributed by atoms with Crippen LogP contribution >= 0.6 is 11.8 Å². The summed E-state index contributed by atoms with van der Waals surface area (Å²) >= 11 is 1.89. The minimum Gasteiger partial charge on any atom is -0.493 e. The number of thioether (sulfide) groups is 1. The van der Waals surface area contributed by atoms with Gasteiger partial charge in [0.05, 0.1) is 6.61 Å². The number of benzene rings is 2. The van der Waals surface area contributed by atoms with E-state index in [9.17, 15) is 5.11 Å². The molecule has 0 amide bonds. The van der Waals surface area contributed by atoms with Crippen LogP contribution in [0.25, 0.3) is 0 Å². The molecule has 0 saturated carbocycles. The molecule has 0 spiro atoms. The summed E-state index contributed by atoms with van der Waals surface area (Å²) in [6, 6.07) is 14.2. The van der Waals surface area contributed by atoms with Gasteiger partial charge in [-0.3, -0.25) is 0 Å². The number of aliphatic hydroxyl groups is 1. The topological polar surface area (TPSA) is 38.7 Å². The molecule has 0 saturated heterocycles. The van der Waals surface area contributed by atoms with E-state index < -0.39 is 6.10 Å². The zero-order chi connectivity index (χ0) is 14.2. The highest BCUT2D eigenvalue weighted by molar-refractivity contribution is 7.99. The molecule has 1 N–H and O–H groups in total. The average molecular weight is 300 g/mol. The Kier molecular flexibility index (Phi) is 3.28. The Bertz CT molecular complexity index is 671. The highest BCUT2D eigenvalue weighted by Gasteiger charge is 2.24. The van der Waals surface area contributed by atoms with Gasteiger partial charge in [0.2, 0.25) is 0 Å². The first kappa shape index (κ1) is 13.0. The largest absolute Gasteiger partial charge is 0.493 e. The van der Waals surface area contributed by atoms with Crippen LogP contribution in [0.1, 0.15) is 23.1 Å². The fraction of sp³-hybridized carbons (Fsp3) is 0.294. The molecule has 0 fully saturated rings. The van der Waals surface area contributed by atoms with Crippen LogP contribution in [0.2, 0.25) is 0 Å². The van der Waals surface area contributed by atoms with Gasteiger partial charge in [-0.25, -0.2) is 0 Å². The van der Waals surface area contributed by atoms with E-state index >= 15 is 0 Å². The third-order valence-electron chi connectivity index (χ3n) is 3.99. The molecule has 4 heteroatoms. The van der Waals surface area contributed by atoms with Crippen molar-refractivity contribution in [2.75, 3.05) is 19.0 Å². The molecular formula is C17H16O3S. The predicted octanol–water partition coefficient (Wildman–Crippen LogP) is 3.38. The molecule has 2 aliphatic rings. The lowest BCUT2D eigenvalue weighted by molar-refractivity contribution is 0.140. The maximum Gasteiger partial charge on any atom is 0.129 e. The highest BCUT2D eigenvalue weighted by atomic mass is 32.2. The third kappa shape index (κ3) is 2.39. The van der Waals surface area contributed by atoms with E-state index in [2.05, 4.69) is 24.3 Å². The second kappa shape index (κ2) is 5.28. The van der Waals surface area contributed by atoms with Crippen LogP contribution in [-0.4, -0.2) is 24.1 Å². The molecule has 4 rings (SSSR count). The van der Waals surface area contributed by atoms with Gasteiger partial charge < -0.3 is 14.6 Å². The minimum atomic E-state index is -0.507. The van der Waals surface area contributed by atoms with E-state index in [0.29, 0.717) is 19.1 Å². The summed E-state index contributed by atoms with van der Waals surface area (Å²) in [5.41, 5.74) is 2.24. The maximum atomic E-state index is 9.72. The number of aliphatic hydroxyl groups excluding tert-OH is 1. The van der Waals surface area contributed by atoms with E-state index in [4.69, 9.17) is 9.47 Å². The SMILES string of the molecule is OC1COc2cc(OCC3CSc4ccccc43)ccc21. The lowest BCUT2D eigenvalue weighted by Crippen LogP contribution is -2.09. The second-order valence-electron chi connectivity index (χ2n) is 5.38. The van der Waals surface area contributed by atoms with E-state index in [1.807, 2.05) is 30.0 Å². The van der Waals surface area contributed by atoms with Gasteiger partial charge in [-0.1, -0.05) is 18.2 Å². The first-order chi connectivity index (χ1) is 10.3. The fourth-order valence-electron chi connectivity index (χ4n) is 2.83. The quantitative estimate of drug-likeness (QED) is 0.943. The van der Waals surface area contributed by atoms with Crippen molar-refractivity contribution < 1.29 is 14.6 Å². The van der Waals surface area contributed by atoms with Gasteiger partial charge in [-0.2, -0.15) is 0 Å². The molecular weight excluding hydrogens is 284 g/mol. The molecule has 108 valence electrons. The van der Waals surface area contributed by atoms with Gasteiger partial charge in [-0.05, 0) is 23.8 Å². The Balaban J connectivity index is 1.46. The number of rotatable bonds is 3. The van der Waals surface area contributed by atoms with Crippen LogP contribution in [0.4, 0.5) is 0 Å². The maximum absolute atomic E-state index is 9.72. The Morgan fingerprint density at radius 2 is 2.10 bits per heavy atom. The molecule has 2 atom stereocenters. The molecule has 0 radical (unpaired) electrons. The Morgan fingerprint density at radius 1 is 1.19 bits per heavy atom. The standard InChI is InChI=1S/C17H16O3S/c18-15-9-20-16-7-12(5-6-14(15)16)19-8-11-10-21-17-4-2-1-3-13(11)17/h1-7,11,15,18H,8-10H2. The van der Waals surface area contributed by atoms with Crippen molar-refractivity contribution >= 4 is 11.8 Å². The van der Waals surface area contributed by atoms with Crippen molar-refractivity contribution in [3.05, 3.63) is 53.6 Å². The molecule has 2 aromatic carbocycles. The summed E-state index contributed by atoms with van der Waals surface area (Å²) < 4.78 is 11.4. The van der Waals surface area contributed by atoms with Crippen molar-refractivity contribution in [2.24, 2.45) is 0 Å². The Morgan fingerprint density at radius 3 is 3.05 bits per heavy atom. The zero-order valence-corrected chi connectivity index (χ0v) is 12.3. The molecule has 0 bridgehead atoms. The molecule has 21 heavy (non-hydrogen) atoms. The monoisotopic (exact) mass is 300 g/mol. The third-order valence-corrected chi connectivity index (χ3v) is 5.24. The van der Waals surface area contributed by atoms with Gasteiger partial charge in [0.25, 0.3) is 0 Å². The minimum absolute atomic E-state index is 0.339. The average Bonchev–Trinajstić information content (AvgIpc) is 3.09. The van der Waals surface area contributed by atoms with E-state index in [0.717, 1.165) is 22.8 Å². The van der Waals surface area contributed by atoms with Crippen LogP contribution in [0.3, 0.4) is 0 Å². The van der Waals surface area contributed by atoms with Gasteiger partial charge in [-0.15, -0.1) is 11.8 Å². The smallest absolute Gasteiger partial charge is 0.129 e. The predicted molar refractivity (Wildman–Crippen MR) is 82.3 cm³/mol. The number of fused-ring (bicyclic) bond motifs is 2. The summed E-state index contributed by atoms with van der Waals surface area (Å²) in [5, 5.41) is 9.72. The number of ether oxygens (including phenoxy) is 2. The lowest BCUT2D eigenvalue weighted by atomic mass is 10.0. The summed E-state index contributed by atoms with van der Waals surface area (Å²) in [4.78, 5) is 1.37. The van der Waals surface area contributed by atoms with Crippen molar-refractivity contribution in [1.82, 2.24) is 0 Å². The molecule has 0 aromatic heterocycles. The van der Waals surface area contributed by atoms with Gasteiger partial charge in [0.15, 0.2) is 0 Å². The Labute approximate surface area is 127 Å². The van der Waals surface area contributed by atoms with Crippen LogP contribution < -0.4 is 9.47 Å². The van der Waals surface area contributed by atoms with E-state index in [-0.39, 0.29) is 0 Å². The number of hydrogen-bond acceptors (Lipinski definition) is 4. The normalized spacial score (nSPS) is 22.5. The summed E-state index contributed by atoms with van der Waals surface area (Å²) in [7, 11) is 0. The summed E-state index contributed by atoms with van der Waals surface area (Å²) in [6.07, 6.45) is -0.507. The molecule has 0 aliphatic carbocycles. The summed E-state index contributed by atoms with van der Waals surface area (Å²) in [6.45, 7) is 1.01. The molecule has 3 nitrogen and oxygen atoms in total. The van der Waals surface area contributed by atoms with Gasteiger partial charge >= 0.3 is 0 Å². The van der Waals surface area contributed by atoms with Gasteiger partial charge in [0.1, 0.15) is 24.2 Å². The van der Waals surface area contributed by atoms with Crippen LogP contribution in [0.15, 0.2) is 47.4 Å². The zero-order valence-electron chi connectivity index (χ0n) is 11.5. The van der Waals surface area contributed by atoms with Crippen LogP contribution in [0, 0.1) is 0 Å². The van der Waals surface area contributed by atoms with Gasteiger partial charge in [0, 0.05) is 28.2 Å². The first-order valence-corrected chi connectivity index (χ1v) is 8.09. The van der Waals surface area contributed by atoms with Crippen molar-refractivity contribution in [2.45, 2.75) is 16.9 Å². The molecule has 2 aliphatic heterocycles. The molecule has 2 aromatic rings. The van der Waals surface area contributed by atoms with Crippen LogP contribution in [0.5, 0.6) is 11.5 Å². The van der Waals surface area contributed by atoms with E-state index in [1.54, 1.807) is 0 Å². The molecule has 2 heterocycles. The first-order valence-electron chi connectivity index (χ1n) is 7.10. The summed E-state index contributed by atoms with van der Waals surface area (Å²) in [5.74, 6) is 3.05. The number of hydrogen-bond donors (Lipinski definition) is 1. The van der Waals surface area contributed by atoms with Crippen LogP contribution in [-0.2, 0) is 0 Å². The highest BCUT2D eigenvalue weighted by Crippen LogP contribution is 2.40.